The largest absolute Gasteiger partial charge is 0.309 e. The van der Waals surface area contributed by atoms with Crippen LogP contribution in [0.15, 0.2) is 30.3 Å². The van der Waals surface area contributed by atoms with Gasteiger partial charge < -0.3 is 10.2 Å². The van der Waals surface area contributed by atoms with Crippen LogP contribution in [0.2, 0.25) is 0 Å². The van der Waals surface area contributed by atoms with E-state index < -0.39 is 0 Å². The second-order valence-corrected chi connectivity index (χ2v) is 6.10. The normalized spacial score (nSPS) is 25.3. The quantitative estimate of drug-likeness (QED) is 0.809. The first kappa shape index (κ1) is 14.5. The summed E-state index contributed by atoms with van der Waals surface area (Å²) in [5.41, 5.74) is 1.40. The van der Waals surface area contributed by atoms with Gasteiger partial charge in [0, 0.05) is 18.6 Å². The molecule has 0 amide bonds. The van der Waals surface area contributed by atoms with Crippen molar-refractivity contribution < 1.29 is 0 Å². The van der Waals surface area contributed by atoms with Gasteiger partial charge in [-0.25, -0.2) is 0 Å². The molecule has 2 nitrogen and oxygen atoms in total. The Morgan fingerprint density at radius 3 is 2.47 bits per heavy atom. The molecule has 0 spiro atoms. The minimum Gasteiger partial charge on any atom is -0.309 e. The first-order chi connectivity index (χ1) is 9.13. The highest BCUT2D eigenvalue weighted by molar-refractivity contribution is 5.20. The summed E-state index contributed by atoms with van der Waals surface area (Å²) in [5.74, 6) is 1.86. The van der Waals surface area contributed by atoms with Crippen molar-refractivity contribution in [2.45, 2.75) is 39.3 Å². The lowest BCUT2D eigenvalue weighted by molar-refractivity contribution is 0.198. The first-order valence-electron chi connectivity index (χ1n) is 7.62. The van der Waals surface area contributed by atoms with Gasteiger partial charge in [0.05, 0.1) is 0 Å². The van der Waals surface area contributed by atoms with Gasteiger partial charge in [-0.1, -0.05) is 44.2 Å². The van der Waals surface area contributed by atoms with E-state index in [2.05, 4.69) is 68.4 Å². The van der Waals surface area contributed by atoms with Crippen LogP contribution in [0.1, 0.15) is 38.8 Å². The third kappa shape index (κ3) is 3.80. The molecule has 1 aromatic rings. The van der Waals surface area contributed by atoms with E-state index in [-0.39, 0.29) is 0 Å². The van der Waals surface area contributed by atoms with Gasteiger partial charge in [-0.2, -0.15) is 0 Å². The standard InChI is InChI=1S/C17H28N2/c1-5-18-17(15-9-7-6-8-10-15)14(3)19(4)12-16-11-13(16)2/h6-10,13-14,16-18H,5,11-12H2,1-4H3. The van der Waals surface area contributed by atoms with Crippen molar-refractivity contribution in [2.24, 2.45) is 11.8 Å². The van der Waals surface area contributed by atoms with Gasteiger partial charge in [0.1, 0.15) is 0 Å². The van der Waals surface area contributed by atoms with Crippen molar-refractivity contribution in [1.82, 2.24) is 10.2 Å². The lowest BCUT2D eigenvalue weighted by atomic mass is 9.99. The molecular formula is C17H28N2. The minimum absolute atomic E-state index is 0.422. The lowest BCUT2D eigenvalue weighted by Crippen LogP contribution is -2.41. The number of hydrogen-bond donors (Lipinski definition) is 1. The predicted octanol–water partition coefficient (Wildman–Crippen LogP) is 3.31. The van der Waals surface area contributed by atoms with E-state index in [1.807, 2.05) is 0 Å². The van der Waals surface area contributed by atoms with Crippen molar-refractivity contribution in [3.8, 4) is 0 Å². The molecule has 0 aromatic heterocycles. The van der Waals surface area contributed by atoms with Crippen LogP contribution in [0.3, 0.4) is 0 Å². The van der Waals surface area contributed by atoms with Crippen LogP contribution >= 0.6 is 0 Å². The molecule has 2 rings (SSSR count). The highest BCUT2D eigenvalue weighted by Crippen LogP contribution is 2.38. The van der Waals surface area contributed by atoms with Gasteiger partial charge >= 0.3 is 0 Å². The summed E-state index contributed by atoms with van der Waals surface area (Å²) in [5, 5.41) is 3.64. The SMILES string of the molecule is CCNC(c1ccccc1)C(C)N(C)CC1CC1C. The Bertz CT molecular complexity index is 376. The molecule has 1 aliphatic carbocycles. The van der Waals surface area contributed by atoms with Crippen LogP contribution in [0.4, 0.5) is 0 Å². The summed E-state index contributed by atoms with van der Waals surface area (Å²) in [6, 6.07) is 11.8. The van der Waals surface area contributed by atoms with E-state index >= 15 is 0 Å². The van der Waals surface area contributed by atoms with Gasteiger partial charge in [0.2, 0.25) is 0 Å². The van der Waals surface area contributed by atoms with E-state index in [0.717, 1.165) is 18.4 Å². The fraction of sp³-hybridized carbons (Fsp3) is 0.647. The van der Waals surface area contributed by atoms with Gasteiger partial charge in [-0.3, -0.25) is 0 Å². The number of nitrogens with zero attached hydrogens (tertiary/aromatic N) is 1. The number of rotatable bonds is 7. The molecule has 0 saturated heterocycles. The predicted molar refractivity (Wildman–Crippen MR) is 82.2 cm³/mol. The summed E-state index contributed by atoms with van der Waals surface area (Å²) in [6.45, 7) is 9.13. The van der Waals surface area contributed by atoms with Crippen molar-refractivity contribution in [3.05, 3.63) is 35.9 Å². The van der Waals surface area contributed by atoms with Crippen molar-refractivity contribution in [2.75, 3.05) is 20.1 Å². The van der Waals surface area contributed by atoms with E-state index in [4.69, 9.17) is 0 Å². The lowest BCUT2D eigenvalue weighted by Gasteiger charge is -2.33. The molecule has 2 heteroatoms. The summed E-state index contributed by atoms with van der Waals surface area (Å²) < 4.78 is 0. The zero-order valence-corrected chi connectivity index (χ0v) is 12.8. The zero-order chi connectivity index (χ0) is 13.8. The fourth-order valence-corrected chi connectivity index (χ4v) is 2.89. The molecule has 1 fully saturated rings. The summed E-state index contributed by atoms with van der Waals surface area (Å²) >= 11 is 0. The Kier molecular flexibility index (Phi) is 5.00. The van der Waals surface area contributed by atoms with E-state index in [1.165, 1.54) is 18.5 Å². The molecule has 1 aromatic carbocycles. The van der Waals surface area contributed by atoms with Crippen LogP contribution in [0.5, 0.6) is 0 Å². The second kappa shape index (κ2) is 6.53. The number of benzene rings is 1. The molecule has 1 saturated carbocycles. The Morgan fingerprint density at radius 2 is 1.95 bits per heavy atom. The molecule has 0 aliphatic heterocycles. The van der Waals surface area contributed by atoms with Crippen LogP contribution in [-0.2, 0) is 0 Å². The van der Waals surface area contributed by atoms with E-state index in [9.17, 15) is 0 Å². The third-order valence-corrected chi connectivity index (χ3v) is 4.56. The van der Waals surface area contributed by atoms with E-state index in [0.29, 0.717) is 12.1 Å². The third-order valence-electron chi connectivity index (χ3n) is 4.56. The maximum atomic E-state index is 3.64. The summed E-state index contributed by atoms with van der Waals surface area (Å²) in [4.78, 5) is 2.52. The van der Waals surface area contributed by atoms with Gasteiger partial charge in [-0.15, -0.1) is 0 Å². The van der Waals surface area contributed by atoms with Crippen LogP contribution < -0.4 is 5.32 Å². The molecule has 0 bridgehead atoms. The van der Waals surface area contributed by atoms with Crippen LogP contribution in [0.25, 0.3) is 0 Å². The highest BCUT2D eigenvalue weighted by Gasteiger charge is 2.35. The summed E-state index contributed by atoms with van der Waals surface area (Å²) in [7, 11) is 2.27. The number of hydrogen-bond acceptors (Lipinski definition) is 2. The fourth-order valence-electron chi connectivity index (χ4n) is 2.89. The maximum Gasteiger partial charge on any atom is 0.0475 e. The van der Waals surface area contributed by atoms with Gasteiger partial charge in [-0.05, 0) is 44.3 Å². The van der Waals surface area contributed by atoms with Crippen LogP contribution in [0, 0.1) is 11.8 Å². The topological polar surface area (TPSA) is 15.3 Å². The highest BCUT2D eigenvalue weighted by atomic mass is 15.2. The minimum atomic E-state index is 0.422. The second-order valence-electron chi connectivity index (χ2n) is 6.10. The Balaban J connectivity index is 2.01. The Morgan fingerprint density at radius 1 is 1.32 bits per heavy atom. The maximum absolute atomic E-state index is 3.64. The van der Waals surface area contributed by atoms with Gasteiger partial charge in [0.25, 0.3) is 0 Å². The molecule has 0 heterocycles. The Labute approximate surface area is 118 Å². The molecule has 106 valence electrons. The molecule has 1 N–H and O–H groups in total. The molecule has 4 unspecified atom stereocenters. The Hall–Kier alpha value is -0.860. The summed E-state index contributed by atoms with van der Waals surface area (Å²) in [6.07, 6.45) is 1.41. The smallest absolute Gasteiger partial charge is 0.0475 e. The van der Waals surface area contributed by atoms with Gasteiger partial charge in [0.15, 0.2) is 0 Å². The van der Waals surface area contributed by atoms with Crippen molar-refractivity contribution in [3.63, 3.8) is 0 Å². The zero-order valence-electron chi connectivity index (χ0n) is 12.8. The number of likely N-dealkylation sites (N-methyl/N-ethyl adjacent to an activating group) is 2. The molecule has 1 aliphatic rings. The number of nitrogens with one attached hydrogen (secondary N) is 1. The molecule has 0 radical (unpaired) electrons. The molecule has 4 atom stereocenters. The van der Waals surface area contributed by atoms with Crippen molar-refractivity contribution >= 4 is 0 Å². The monoisotopic (exact) mass is 260 g/mol. The first-order valence-corrected chi connectivity index (χ1v) is 7.62. The van der Waals surface area contributed by atoms with Crippen LogP contribution in [-0.4, -0.2) is 31.1 Å². The molecular weight excluding hydrogens is 232 g/mol. The molecule has 19 heavy (non-hydrogen) atoms. The van der Waals surface area contributed by atoms with E-state index in [1.54, 1.807) is 0 Å². The van der Waals surface area contributed by atoms with Crippen molar-refractivity contribution in [1.29, 1.82) is 0 Å². The average Bonchev–Trinajstić information content (AvgIpc) is 3.11. The average molecular weight is 260 g/mol.